The standard InChI is InChI=1S/C33H51F2NO3S2Si/c1-8-42(9-2,10-3)39-31(5,6)21-22-33(34,35)24(4)26-17-18-27-25(14-13-20-32(26,27)7)19-23-41(37,38)30-36-28-15-11-12-16-29(28)40-30/h11-12,15-16,19,24,26-27H,8-10,13-14,17-18,20-23H2,1-7H3/t24-,26+,27-,32+/m0/s1. The van der Waals surface area contributed by atoms with E-state index in [0.29, 0.717) is 11.9 Å². The number of halogens is 2. The molecule has 4 atom stereocenters. The first-order valence-corrected chi connectivity index (χ1v) is 21.0. The Bertz CT molecular complexity index is 1330. The molecule has 0 aliphatic heterocycles. The number of thiazole rings is 1. The number of benzene rings is 1. The van der Waals surface area contributed by atoms with Crippen molar-refractivity contribution < 1.29 is 21.6 Å². The summed E-state index contributed by atoms with van der Waals surface area (Å²) in [7, 11) is -5.46. The van der Waals surface area contributed by atoms with Gasteiger partial charge in [-0.25, -0.2) is 22.2 Å². The zero-order valence-electron chi connectivity index (χ0n) is 26.6. The second-order valence-electron chi connectivity index (χ2n) is 13.8. The molecule has 4 rings (SSSR count). The number of alkyl halides is 2. The largest absolute Gasteiger partial charge is 0.412 e. The fourth-order valence-corrected chi connectivity index (χ4v) is 13.7. The van der Waals surface area contributed by atoms with E-state index in [9.17, 15) is 8.42 Å². The predicted molar refractivity (Wildman–Crippen MR) is 174 cm³/mol. The topological polar surface area (TPSA) is 56.3 Å². The van der Waals surface area contributed by atoms with E-state index in [1.165, 1.54) is 11.3 Å². The number of hydrogen-bond acceptors (Lipinski definition) is 5. The third kappa shape index (κ3) is 6.89. The van der Waals surface area contributed by atoms with Crippen molar-refractivity contribution in [1.29, 1.82) is 0 Å². The summed E-state index contributed by atoms with van der Waals surface area (Å²) in [5.41, 5.74) is 1.04. The van der Waals surface area contributed by atoms with Crippen LogP contribution < -0.4 is 0 Å². The Morgan fingerprint density at radius 3 is 2.45 bits per heavy atom. The molecular formula is C33H51F2NO3S2Si. The van der Waals surface area contributed by atoms with Crippen LogP contribution in [0.5, 0.6) is 0 Å². The molecule has 4 nitrogen and oxygen atoms in total. The molecule has 1 heterocycles. The highest BCUT2D eigenvalue weighted by atomic mass is 32.2. The van der Waals surface area contributed by atoms with Crippen molar-refractivity contribution in [2.75, 3.05) is 5.75 Å². The minimum atomic E-state index is -3.56. The van der Waals surface area contributed by atoms with Crippen LogP contribution in [0.25, 0.3) is 10.2 Å². The molecule has 0 saturated heterocycles. The van der Waals surface area contributed by atoms with Gasteiger partial charge in [0, 0.05) is 12.3 Å². The van der Waals surface area contributed by atoms with Gasteiger partial charge in [0.1, 0.15) is 0 Å². The first-order valence-electron chi connectivity index (χ1n) is 16.0. The van der Waals surface area contributed by atoms with Gasteiger partial charge in [-0.2, -0.15) is 0 Å². The Kier molecular flexibility index (Phi) is 10.2. The molecule has 1 aromatic heterocycles. The molecule has 1 aromatic carbocycles. The van der Waals surface area contributed by atoms with Crippen LogP contribution in [0.4, 0.5) is 8.78 Å². The zero-order valence-corrected chi connectivity index (χ0v) is 29.3. The van der Waals surface area contributed by atoms with Crippen molar-refractivity contribution >= 4 is 39.7 Å². The summed E-state index contributed by atoms with van der Waals surface area (Å²) in [5, 5.41) is 0. The molecule has 0 bridgehead atoms. The van der Waals surface area contributed by atoms with E-state index in [0.717, 1.165) is 60.5 Å². The van der Waals surface area contributed by atoms with Gasteiger partial charge in [-0.3, -0.25) is 0 Å². The number of para-hydroxylation sites is 1. The van der Waals surface area contributed by atoms with Crippen LogP contribution in [0, 0.1) is 23.2 Å². The van der Waals surface area contributed by atoms with E-state index in [1.54, 1.807) is 6.92 Å². The van der Waals surface area contributed by atoms with E-state index >= 15 is 8.78 Å². The molecule has 0 amide bonds. The van der Waals surface area contributed by atoms with Crippen LogP contribution >= 0.6 is 11.3 Å². The minimum Gasteiger partial charge on any atom is -0.412 e. The predicted octanol–water partition coefficient (Wildman–Crippen LogP) is 10.1. The molecule has 2 saturated carbocycles. The molecule has 2 aliphatic carbocycles. The second kappa shape index (κ2) is 12.7. The highest BCUT2D eigenvalue weighted by Crippen LogP contribution is 2.61. The van der Waals surface area contributed by atoms with E-state index in [1.807, 2.05) is 44.2 Å². The summed E-state index contributed by atoms with van der Waals surface area (Å²) >= 11 is 1.21. The van der Waals surface area contributed by atoms with E-state index in [4.69, 9.17) is 4.43 Å². The molecule has 0 spiro atoms. The molecule has 2 aliphatic rings. The Morgan fingerprint density at radius 1 is 1.14 bits per heavy atom. The maximum atomic E-state index is 15.9. The lowest BCUT2D eigenvalue weighted by atomic mass is 9.60. The third-order valence-corrected chi connectivity index (χ3v) is 18.8. The molecule has 9 heteroatoms. The van der Waals surface area contributed by atoms with Crippen LogP contribution in [-0.4, -0.2) is 39.0 Å². The van der Waals surface area contributed by atoms with Crippen LogP contribution in [0.1, 0.15) is 93.4 Å². The normalized spacial score (nSPS) is 25.7. The zero-order chi connectivity index (χ0) is 31.0. The Balaban J connectivity index is 1.45. The third-order valence-electron chi connectivity index (χ3n) is 10.9. The van der Waals surface area contributed by atoms with E-state index in [2.05, 4.69) is 32.7 Å². The number of sulfone groups is 1. The number of hydrogen-bond donors (Lipinski definition) is 0. The van der Waals surface area contributed by atoms with E-state index in [-0.39, 0.29) is 33.8 Å². The van der Waals surface area contributed by atoms with E-state index < -0.39 is 35.6 Å². The average molecular weight is 640 g/mol. The number of nitrogens with zero attached hydrogens (tertiary/aromatic N) is 1. The fraction of sp³-hybridized carbons (Fsp3) is 0.727. The monoisotopic (exact) mass is 639 g/mol. The lowest BCUT2D eigenvalue weighted by molar-refractivity contribution is -0.110. The maximum Gasteiger partial charge on any atom is 0.251 e. The van der Waals surface area contributed by atoms with Crippen molar-refractivity contribution in [3.8, 4) is 0 Å². The van der Waals surface area contributed by atoms with Gasteiger partial charge in [0.2, 0.25) is 14.2 Å². The molecule has 2 fully saturated rings. The summed E-state index contributed by atoms with van der Waals surface area (Å²) in [6, 6.07) is 10.5. The highest BCUT2D eigenvalue weighted by Gasteiger charge is 2.55. The lowest BCUT2D eigenvalue weighted by Gasteiger charge is -2.46. The SMILES string of the molecule is CC[Si](CC)(CC)OC(C)(C)CCC(F)(F)[C@@H](C)[C@H]1CC[C@H]2C(=CCS(=O)(=O)c3nc4ccccc4s3)CCC[C@]12C. The van der Waals surface area contributed by atoms with Crippen molar-refractivity contribution in [2.45, 2.75) is 127 Å². The minimum absolute atomic E-state index is 0.0850. The van der Waals surface area contributed by atoms with Gasteiger partial charge in [0.05, 0.1) is 21.6 Å². The second-order valence-corrected chi connectivity index (χ2v) is 21.7. The van der Waals surface area contributed by atoms with Gasteiger partial charge in [-0.15, -0.1) is 11.3 Å². The van der Waals surface area contributed by atoms with Crippen molar-refractivity contribution in [1.82, 2.24) is 4.98 Å². The molecular weight excluding hydrogens is 589 g/mol. The van der Waals surface area contributed by atoms with Gasteiger partial charge < -0.3 is 4.43 Å². The highest BCUT2D eigenvalue weighted by molar-refractivity contribution is 7.93. The van der Waals surface area contributed by atoms with Crippen LogP contribution in [0.3, 0.4) is 0 Å². The summed E-state index contributed by atoms with van der Waals surface area (Å²) in [6.07, 6.45) is 6.35. The van der Waals surface area contributed by atoms with Crippen LogP contribution in [0.2, 0.25) is 18.1 Å². The smallest absolute Gasteiger partial charge is 0.251 e. The van der Waals surface area contributed by atoms with Gasteiger partial charge >= 0.3 is 0 Å². The molecule has 0 unspecified atom stereocenters. The van der Waals surface area contributed by atoms with Gasteiger partial charge in [0.15, 0.2) is 8.32 Å². The van der Waals surface area contributed by atoms with Crippen LogP contribution in [0.15, 0.2) is 40.3 Å². The molecule has 2 aromatic rings. The number of allylic oxidation sites excluding steroid dienone is 1. The Morgan fingerprint density at radius 2 is 1.81 bits per heavy atom. The van der Waals surface area contributed by atoms with Gasteiger partial charge in [0.25, 0.3) is 5.92 Å². The first kappa shape index (κ1) is 33.7. The summed E-state index contributed by atoms with van der Waals surface area (Å²) in [4.78, 5) is 4.37. The molecule has 236 valence electrons. The van der Waals surface area contributed by atoms with Crippen molar-refractivity contribution in [2.24, 2.45) is 23.2 Å². The van der Waals surface area contributed by atoms with Gasteiger partial charge in [-0.05, 0) is 99.9 Å². The summed E-state index contributed by atoms with van der Waals surface area (Å²) < 4.78 is 66.0. The lowest BCUT2D eigenvalue weighted by Crippen LogP contribution is -2.46. The molecule has 42 heavy (non-hydrogen) atoms. The summed E-state index contributed by atoms with van der Waals surface area (Å²) in [6.45, 7) is 14.4. The molecule has 0 N–H and O–H groups in total. The van der Waals surface area contributed by atoms with Crippen molar-refractivity contribution in [3.63, 3.8) is 0 Å². The van der Waals surface area contributed by atoms with Crippen LogP contribution in [-0.2, 0) is 14.3 Å². The Hall–Kier alpha value is -1.16. The number of rotatable bonds is 13. The summed E-state index contributed by atoms with van der Waals surface area (Å²) in [5.74, 6) is -3.54. The molecule has 0 radical (unpaired) electrons. The number of aromatic nitrogens is 1. The first-order chi connectivity index (χ1) is 19.6. The average Bonchev–Trinajstić information content (AvgIpc) is 3.55. The quantitative estimate of drug-likeness (QED) is 0.162. The van der Waals surface area contributed by atoms with Crippen molar-refractivity contribution in [3.05, 3.63) is 35.9 Å². The fourth-order valence-electron chi connectivity index (χ4n) is 8.01. The number of fused-ring (bicyclic) bond motifs is 2. The Labute approximate surface area is 257 Å². The maximum absolute atomic E-state index is 15.9. The van der Waals surface area contributed by atoms with Gasteiger partial charge in [-0.1, -0.05) is 58.4 Å².